The highest BCUT2D eigenvalue weighted by molar-refractivity contribution is 6.91. The maximum absolute atomic E-state index is 12.8. The predicted molar refractivity (Wildman–Crippen MR) is 171 cm³/mol. The largest absolute Gasteiger partial charge is 0.438 e. The van der Waals surface area contributed by atoms with Crippen molar-refractivity contribution < 1.29 is 35.4 Å². The van der Waals surface area contributed by atoms with Crippen molar-refractivity contribution >= 4 is 51.0 Å². The fourth-order valence-electron chi connectivity index (χ4n) is 6.58. The lowest BCUT2D eigenvalue weighted by Crippen LogP contribution is -2.51. The molecule has 3 aliphatic rings. The van der Waals surface area contributed by atoms with Crippen LogP contribution in [0.1, 0.15) is 44.9 Å². The number of alkyl halides is 3. The van der Waals surface area contributed by atoms with E-state index < -0.39 is 52.7 Å². The molecule has 2 saturated heterocycles. The molecule has 2 aliphatic heterocycles. The van der Waals surface area contributed by atoms with Crippen LogP contribution >= 0.6 is 0 Å². The molecule has 0 N–H and O–H groups in total. The Labute approximate surface area is 254 Å². The van der Waals surface area contributed by atoms with E-state index in [0.29, 0.717) is 23.8 Å². The molecule has 0 aromatic heterocycles. The maximum Gasteiger partial charge on any atom is 0.397 e. The topological polar surface area (TPSA) is 60.5 Å². The lowest BCUT2D eigenvalue weighted by Gasteiger charge is -2.38. The van der Waals surface area contributed by atoms with Crippen molar-refractivity contribution in [1.82, 2.24) is 0 Å². The first-order chi connectivity index (χ1) is 19.6. The molecule has 238 valence electrons. The maximum atomic E-state index is 12.8. The molecule has 42 heavy (non-hydrogen) atoms. The van der Waals surface area contributed by atoms with Crippen molar-refractivity contribution in [2.75, 3.05) is 18.6 Å². The van der Waals surface area contributed by atoms with Gasteiger partial charge in [0.2, 0.25) is 5.91 Å². The van der Waals surface area contributed by atoms with Crippen molar-refractivity contribution in [3.63, 3.8) is 0 Å². The Hall–Kier alpha value is -0.812. The van der Waals surface area contributed by atoms with Crippen LogP contribution in [0.15, 0.2) is 24.3 Å². The molecule has 4 rings (SSSR count). The molecule has 6 nitrogen and oxygen atoms in total. The molecule has 6 atom stereocenters. The molecule has 0 radical (unpaired) electrons. The average molecular weight is 662 g/mol. The van der Waals surface area contributed by atoms with Gasteiger partial charge in [-0.3, -0.25) is 4.79 Å². The van der Waals surface area contributed by atoms with E-state index in [-0.39, 0.29) is 0 Å². The van der Waals surface area contributed by atoms with Crippen LogP contribution in [-0.4, -0.2) is 72.2 Å². The number of nitrogens with zero attached hydrogens (tertiary/aromatic N) is 1. The third-order valence-electron chi connectivity index (χ3n) is 9.51. The van der Waals surface area contributed by atoms with E-state index in [1.807, 2.05) is 12.1 Å². The summed E-state index contributed by atoms with van der Waals surface area (Å²) in [6.45, 7) is 12.1. The third kappa shape index (κ3) is 9.85. The SMILES string of the molecule is CN(C(=O)CC(F)(F)F)c1cccc([Si](C)(C)CC[Si]2(C)CCCCO[Si](C)(CCC3CCC4OC4C3)O[SiH](C)O2)c1. The molecule has 1 amide bonds. The monoisotopic (exact) mass is 661 g/mol. The average Bonchev–Trinajstić information content (AvgIpc) is 3.68. The van der Waals surface area contributed by atoms with Crippen LogP contribution in [-0.2, 0) is 22.2 Å². The highest BCUT2D eigenvalue weighted by atomic mass is 28.5. The highest BCUT2D eigenvalue weighted by Crippen LogP contribution is 2.42. The summed E-state index contributed by atoms with van der Waals surface area (Å²) in [5.74, 6) is -0.233. The van der Waals surface area contributed by atoms with Crippen molar-refractivity contribution in [2.24, 2.45) is 5.92 Å². The van der Waals surface area contributed by atoms with Gasteiger partial charge in [0.25, 0.3) is 9.28 Å². The van der Waals surface area contributed by atoms with E-state index in [9.17, 15) is 18.0 Å². The number of benzene rings is 1. The first-order valence-corrected chi connectivity index (χ1v) is 26.3. The fourth-order valence-corrected chi connectivity index (χ4v) is 23.8. The number of halogens is 3. The number of ether oxygens (including phenoxy) is 1. The van der Waals surface area contributed by atoms with Gasteiger partial charge in [-0.2, -0.15) is 13.2 Å². The van der Waals surface area contributed by atoms with Crippen LogP contribution < -0.4 is 10.1 Å². The van der Waals surface area contributed by atoms with E-state index in [1.54, 1.807) is 6.07 Å². The van der Waals surface area contributed by atoms with Gasteiger partial charge in [-0.1, -0.05) is 42.9 Å². The smallest absolute Gasteiger partial charge is 0.397 e. The Kier molecular flexibility index (Phi) is 11.1. The molecule has 1 aromatic carbocycles. The number of fused-ring (bicyclic) bond motifs is 1. The molecule has 2 heterocycles. The number of anilines is 1. The van der Waals surface area contributed by atoms with Gasteiger partial charge in [0.15, 0.2) is 8.32 Å². The molecule has 13 heteroatoms. The minimum Gasteiger partial charge on any atom is -0.438 e. The summed E-state index contributed by atoms with van der Waals surface area (Å²) in [4.78, 5) is 13.3. The second-order valence-electron chi connectivity index (χ2n) is 13.8. The Morgan fingerprint density at radius 3 is 2.60 bits per heavy atom. The lowest BCUT2D eigenvalue weighted by atomic mass is 9.88. The summed E-state index contributed by atoms with van der Waals surface area (Å²) in [5, 5.41) is 1.14. The molecule has 1 aromatic rings. The van der Waals surface area contributed by atoms with Crippen molar-refractivity contribution in [3.8, 4) is 0 Å². The zero-order chi connectivity index (χ0) is 30.8. The van der Waals surface area contributed by atoms with Gasteiger partial charge in [-0.05, 0) is 87.9 Å². The third-order valence-corrected chi connectivity index (χ3v) is 25.0. The molecule has 1 aliphatic carbocycles. The minimum atomic E-state index is -4.52. The Bertz CT molecular complexity index is 1080. The first kappa shape index (κ1) is 34.1. The van der Waals surface area contributed by atoms with Crippen molar-refractivity contribution in [1.29, 1.82) is 0 Å². The second-order valence-corrected chi connectivity index (χ2v) is 28.6. The van der Waals surface area contributed by atoms with Crippen molar-refractivity contribution in [3.05, 3.63) is 24.3 Å². The Morgan fingerprint density at radius 1 is 1.12 bits per heavy atom. The fraction of sp³-hybridized carbons (Fsp3) is 0.759. The predicted octanol–water partition coefficient (Wildman–Crippen LogP) is 6.82. The van der Waals surface area contributed by atoms with Crippen LogP contribution in [0, 0.1) is 5.92 Å². The van der Waals surface area contributed by atoms with Gasteiger partial charge in [-0.15, -0.1) is 0 Å². The number of hydrogen-bond donors (Lipinski definition) is 0. The van der Waals surface area contributed by atoms with Gasteiger partial charge >= 0.3 is 14.7 Å². The normalized spacial score (nSPS) is 32.6. The minimum absolute atomic E-state index is 0.500. The van der Waals surface area contributed by atoms with Crippen LogP contribution in [0.4, 0.5) is 18.9 Å². The summed E-state index contributed by atoms with van der Waals surface area (Å²) in [7, 11) is -6.82. The van der Waals surface area contributed by atoms with Gasteiger partial charge in [-0.25, -0.2) is 0 Å². The summed E-state index contributed by atoms with van der Waals surface area (Å²) < 4.78 is 64.4. The summed E-state index contributed by atoms with van der Waals surface area (Å²) in [6.07, 6.45) is 1.97. The molecule has 0 bridgehead atoms. The van der Waals surface area contributed by atoms with Gasteiger partial charge in [0.1, 0.15) is 6.42 Å². The van der Waals surface area contributed by atoms with Crippen LogP contribution in [0.25, 0.3) is 0 Å². The lowest BCUT2D eigenvalue weighted by molar-refractivity contribution is -0.151. The zero-order valence-corrected chi connectivity index (χ0v) is 30.4. The standard InChI is InChI=1S/C29H50F3NO5Si4/c1-33(28(34)22-29(30,31)32)24-10-9-11-25(21-24)40(3,4)18-19-41(5)16-8-7-15-35-42(6,38-39(2)37-41)17-14-23-12-13-26-27(20-23)36-26/h9-11,21,23,26-27,39H,7-8,12-20,22H2,1-6H3. The molecule has 3 fully saturated rings. The highest BCUT2D eigenvalue weighted by Gasteiger charge is 2.45. The van der Waals surface area contributed by atoms with E-state index in [1.165, 1.54) is 26.3 Å². The summed E-state index contributed by atoms with van der Waals surface area (Å²) in [6, 6.07) is 11.7. The van der Waals surface area contributed by atoms with Crippen LogP contribution in [0.2, 0.25) is 56.9 Å². The summed E-state index contributed by atoms with van der Waals surface area (Å²) >= 11 is 0. The molecule has 0 spiro atoms. The van der Waals surface area contributed by atoms with E-state index in [0.717, 1.165) is 60.1 Å². The van der Waals surface area contributed by atoms with E-state index in [4.69, 9.17) is 17.4 Å². The zero-order valence-electron chi connectivity index (χ0n) is 26.2. The van der Waals surface area contributed by atoms with Crippen LogP contribution in [0.5, 0.6) is 0 Å². The van der Waals surface area contributed by atoms with E-state index >= 15 is 0 Å². The Morgan fingerprint density at radius 2 is 1.88 bits per heavy atom. The number of carbonyl (C=O) groups excluding carboxylic acids is 1. The van der Waals surface area contributed by atoms with Gasteiger partial charge in [0, 0.05) is 19.3 Å². The van der Waals surface area contributed by atoms with Gasteiger partial charge in [0.05, 0.1) is 20.3 Å². The van der Waals surface area contributed by atoms with Gasteiger partial charge < -0.3 is 22.3 Å². The van der Waals surface area contributed by atoms with E-state index in [2.05, 4.69) is 38.8 Å². The van der Waals surface area contributed by atoms with Crippen LogP contribution in [0.3, 0.4) is 0 Å². The number of hydrogen-bond acceptors (Lipinski definition) is 5. The molecule has 1 saturated carbocycles. The quantitative estimate of drug-likeness (QED) is 0.215. The number of rotatable bonds is 9. The molecular weight excluding hydrogens is 612 g/mol. The summed E-state index contributed by atoms with van der Waals surface area (Å²) in [5.41, 5.74) is 0.511. The van der Waals surface area contributed by atoms with Crippen molar-refractivity contribution in [2.45, 2.75) is 120 Å². The number of carbonyl (C=O) groups is 1. The first-order valence-electron chi connectivity index (χ1n) is 15.7. The number of epoxide rings is 1. The number of amides is 1. The molecular formula is C29H50F3NO5Si4. The molecule has 6 unspecified atom stereocenters. The second kappa shape index (κ2) is 13.7. The Balaban J connectivity index is 1.36.